The van der Waals surface area contributed by atoms with Gasteiger partial charge in [0.2, 0.25) is 0 Å². The summed E-state index contributed by atoms with van der Waals surface area (Å²) in [5.41, 5.74) is 1.13. The van der Waals surface area contributed by atoms with Crippen molar-refractivity contribution in [1.29, 1.82) is 0 Å². The lowest BCUT2D eigenvalue weighted by Crippen LogP contribution is -2.06. The summed E-state index contributed by atoms with van der Waals surface area (Å²) in [5, 5.41) is 0.593. The molecule has 0 aromatic heterocycles. The Morgan fingerprint density at radius 1 is 1.17 bits per heavy atom. The van der Waals surface area contributed by atoms with Gasteiger partial charge < -0.3 is 14.0 Å². The van der Waals surface area contributed by atoms with Gasteiger partial charge in [0.1, 0.15) is 12.0 Å². The summed E-state index contributed by atoms with van der Waals surface area (Å²) in [5.74, 6) is 0.519. The fraction of sp³-hybridized carbons (Fsp3) is 0.167. The van der Waals surface area contributed by atoms with Gasteiger partial charge in [-0.05, 0) is 34.9 Å². The molecule has 24 heavy (non-hydrogen) atoms. The van der Waals surface area contributed by atoms with Crippen LogP contribution >= 0.6 is 11.6 Å². The minimum Gasteiger partial charge on any atom is -0.612 e. The molecular formula is C18H17ClO4S. The Hall–Kier alpha value is -1.95. The zero-order valence-corrected chi connectivity index (χ0v) is 15.1. The second-order valence-electron chi connectivity index (χ2n) is 4.91. The fourth-order valence-electron chi connectivity index (χ4n) is 2.16. The lowest BCUT2D eigenvalue weighted by molar-refractivity contribution is 0.104. The Kier molecular flexibility index (Phi) is 6.31. The third-order valence-electron chi connectivity index (χ3n) is 3.34. The first kappa shape index (κ1) is 18.4. The molecule has 2 rings (SSSR count). The number of methoxy groups -OCH3 is 2. The van der Waals surface area contributed by atoms with Crippen LogP contribution in [-0.2, 0) is 11.2 Å². The molecule has 0 bridgehead atoms. The molecule has 6 heteroatoms. The van der Waals surface area contributed by atoms with Crippen LogP contribution in [0, 0.1) is 0 Å². The molecule has 0 aliphatic rings. The average molecular weight is 365 g/mol. The molecule has 0 N–H and O–H groups in total. The predicted molar refractivity (Wildman–Crippen MR) is 96.7 cm³/mol. The van der Waals surface area contributed by atoms with Gasteiger partial charge in [0.15, 0.2) is 16.4 Å². The fourth-order valence-corrected chi connectivity index (χ4v) is 3.07. The van der Waals surface area contributed by atoms with E-state index in [1.807, 2.05) is 6.07 Å². The molecule has 126 valence electrons. The molecule has 0 amide bonds. The van der Waals surface area contributed by atoms with Gasteiger partial charge in [-0.1, -0.05) is 29.8 Å². The summed E-state index contributed by atoms with van der Waals surface area (Å²) in [7, 11) is 2.94. The Bertz CT molecular complexity index is 772. The van der Waals surface area contributed by atoms with Gasteiger partial charge in [-0.3, -0.25) is 4.79 Å². The number of benzene rings is 2. The van der Waals surface area contributed by atoms with Crippen LogP contribution in [0.5, 0.6) is 11.5 Å². The topological polar surface area (TPSA) is 58.6 Å². The van der Waals surface area contributed by atoms with E-state index in [9.17, 15) is 9.35 Å². The number of hydrogen-bond donors (Lipinski definition) is 0. The van der Waals surface area contributed by atoms with Gasteiger partial charge in [-0.25, -0.2) is 0 Å². The monoisotopic (exact) mass is 364 g/mol. The van der Waals surface area contributed by atoms with Crippen molar-refractivity contribution >= 4 is 34.6 Å². The SMILES string of the molecule is COc1cc(OC)c([S+](C)[O-])cc1C(=O)C=Cc1cccc(Cl)c1. The van der Waals surface area contributed by atoms with Crippen LogP contribution in [0.25, 0.3) is 6.08 Å². The van der Waals surface area contributed by atoms with Crippen molar-refractivity contribution in [3.63, 3.8) is 0 Å². The maximum Gasteiger partial charge on any atom is 0.195 e. The predicted octanol–water partition coefficient (Wildman–Crippen LogP) is 3.99. The van der Waals surface area contributed by atoms with Gasteiger partial charge in [-0.15, -0.1) is 0 Å². The average Bonchev–Trinajstić information content (AvgIpc) is 2.58. The molecule has 1 unspecified atom stereocenters. The molecular weight excluding hydrogens is 348 g/mol. The van der Waals surface area contributed by atoms with Crippen LogP contribution in [-0.4, -0.2) is 30.8 Å². The highest BCUT2D eigenvalue weighted by Gasteiger charge is 2.20. The second kappa shape index (κ2) is 8.24. The maximum absolute atomic E-state index is 12.5. The molecule has 0 fully saturated rings. The number of ketones is 1. The second-order valence-corrected chi connectivity index (χ2v) is 6.69. The first-order valence-electron chi connectivity index (χ1n) is 7.03. The van der Waals surface area contributed by atoms with Crippen LogP contribution in [0.2, 0.25) is 5.02 Å². The van der Waals surface area contributed by atoms with E-state index in [-0.39, 0.29) is 5.78 Å². The van der Waals surface area contributed by atoms with Crippen molar-refractivity contribution in [2.45, 2.75) is 4.90 Å². The molecule has 2 aromatic rings. The van der Waals surface area contributed by atoms with Crippen LogP contribution in [0.1, 0.15) is 15.9 Å². The molecule has 0 heterocycles. The molecule has 0 spiro atoms. The lowest BCUT2D eigenvalue weighted by atomic mass is 10.1. The van der Waals surface area contributed by atoms with E-state index < -0.39 is 11.2 Å². The zero-order valence-electron chi connectivity index (χ0n) is 13.5. The van der Waals surface area contributed by atoms with Crippen LogP contribution in [0.3, 0.4) is 0 Å². The van der Waals surface area contributed by atoms with Gasteiger partial charge in [0, 0.05) is 17.2 Å². The summed E-state index contributed by atoms with van der Waals surface area (Å²) < 4.78 is 22.3. The first-order chi connectivity index (χ1) is 11.5. The minimum atomic E-state index is -1.29. The van der Waals surface area contributed by atoms with Crippen molar-refractivity contribution in [3.05, 3.63) is 58.6 Å². The number of halogens is 1. The van der Waals surface area contributed by atoms with Crippen molar-refractivity contribution < 1.29 is 18.8 Å². The highest BCUT2D eigenvalue weighted by atomic mass is 35.5. The Morgan fingerprint density at radius 3 is 2.46 bits per heavy atom. The third-order valence-corrected chi connectivity index (χ3v) is 4.51. The van der Waals surface area contributed by atoms with Gasteiger partial charge in [-0.2, -0.15) is 0 Å². The number of rotatable bonds is 6. The smallest absolute Gasteiger partial charge is 0.195 e. The summed E-state index contributed by atoms with van der Waals surface area (Å²) in [6.45, 7) is 0. The molecule has 0 saturated heterocycles. The molecule has 1 atom stereocenters. The van der Waals surface area contributed by atoms with E-state index in [2.05, 4.69) is 0 Å². The third kappa shape index (κ3) is 4.32. The molecule has 0 aliphatic heterocycles. The Labute approximate surface area is 149 Å². The van der Waals surface area contributed by atoms with Crippen LogP contribution in [0.15, 0.2) is 47.4 Å². The van der Waals surface area contributed by atoms with E-state index in [4.69, 9.17) is 21.1 Å². The lowest BCUT2D eigenvalue weighted by Gasteiger charge is -2.13. The molecule has 0 saturated carbocycles. The van der Waals surface area contributed by atoms with E-state index in [1.165, 1.54) is 26.6 Å². The quantitative estimate of drug-likeness (QED) is 0.441. The van der Waals surface area contributed by atoms with Gasteiger partial charge in [0.05, 0.1) is 19.8 Å². The van der Waals surface area contributed by atoms with E-state index in [0.29, 0.717) is 27.0 Å². The first-order valence-corrected chi connectivity index (χ1v) is 8.97. The molecule has 0 radical (unpaired) electrons. The largest absolute Gasteiger partial charge is 0.612 e. The minimum absolute atomic E-state index is 0.263. The number of carbonyl (C=O) groups excluding carboxylic acids is 1. The standard InChI is InChI=1S/C18H17ClO4S/c1-22-16-11-17(23-2)18(24(3)21)10-14(16)15(20)8-7-12-5-4-6-13(19)9-12/h4-11H,1-3H3. The summed E-state index contributed by atoms with van der Waals surface area (Å²) in [6.07, 6.45) is 4.62. The highest BCUT2D eigenvalue weighted by Crippen LogP contribution is 2.32. The van der Waals surface area contributed by atoms with Crippen molar-refractivity contribution in [1.82, 2.24) is 0 Å². The van der Waals surface area contributed by atoms with Crippen molar-refractivity contribution in [3.8, 4) is 11.5 Å². The van der Waals surface area contributed by atoms with E-state index in [0.717, 1.165) is 5.56 Å². The summed E-state index contributed by atoms with van der Waals surface area (Å²) in [4.78, 5) is 13.0. The Morgan fingerprint density at radius 2 is 1.88 bits per heavy atom. The summed E-state index contributed by atoms with van der Waals surface area (Å²) >= 11 is 4.63. The van der Waals surface area contributed by atoms with Gasteiger partial charge in [0.25, 0.3) is 0 Å². The van der Waals surface area contributed by atoms with E-state index >= 15 is 0 Å². The van der Waals surface area contributed by atoms with Crippen LogP contribution in [0.4, 0.5) is 0 Å². The Balaban J connectivity index is 2.39. The van der Waals surface area contributed by atoms with Crippen molar-refractivity contribution in [2.75, 3.05) is 20.5 Å². The van der Waals surface area contributed by atoms with Crippen molar-refractivity contribution in [2.24, 2.45) is 0 Å². The number of ether oxygens (including phenoxy) is 2. The van der Waals surface area contributed by atoms with Crippen LogP contribution < -0.4 is 9.47 Å². The summed E-state index contributed by atoms with van der Waals surface area (Å²) in [6, 6.07) is 10.3. The maximum atomic E-state index is 12.5. The number of carbonyl (C=O) groups is 1. The van der Waals surface area contributed by atoms with Gasteiger partial charge >= 0.3 is 0 Å². The number of allylic oxidation sites excluding steroid dienone is 1. The normalized spacial score (nSPS) is 12.2. The molecule has 2 aromatic carbocycles. The number of hydrogen-bond acceptors (Lipinski definition) is 4. The van der Waals surface area contributed by atoms with E-state index in [1.54, 1.807) is 36.4 Å². The highest BCUT2D eigenvalue weighted by molar-refractivity contribution is 7.90. The molecule has 0 aliphatic carbocycles. The zero-order chi connectivity index (χ0) is 17.7. The molecule has 4 nitrogen and oxygen atoms in total.